The van der Waals surface area contributed by atoms with Crippen LogP contribution in [0.4, 0.5) is 10.7 Å². The van der Waals surface area contributed by atoms with Gasteiger partial charge in [-0.1, -0.05) is 18.3 Å². The highest BCUT2D eigenvalue weighted by molar-refractivity contribution is 7.91. The molecule has 10 heteroatoms. The van der Waals surface area contributed by atoms with Gasteiger partial charge < -0.3 is 5.73 Å². The van der Waals surface area contributed by atoms with Gasteiger partial charge in [-0.3, -0.25) is 10.1 Å². The topological polar surface area (TPSA) is 130 Å². The zero-order valence-corrected chi connectivity index (χ0v) is 11.7. The molecule has 0 unspecified atom stereocenters. The number of sulfonamides is 1. The average molecular weight is 304 g/mol. The first-order chi connectivity index (χ1) is 8.84. The summed E-state index contributed by atoms with van der Waals surface area (Å²) in [6, 6.07) is 2.80. The minimum Gasteiger partial charge on any atom is -0.385 e. The Balaban J connectivity index is 3.16. The number of nitrogens with zero attached hydrogens (tertiary/aromatic N) is 3. The van der Waals surface area contributed by atoms with E-state index < -0.39 is 20.6 Å². The maximum absolute atomic E-state index is 12.2. The molecule has 0 saturated heterocycles. The molecule has 2 N–H and O–H groups in total. The fraction of sp³-hybridized carbons (Fsp3) is 0.444. The Hall–Kier alpha value is -1.70. The summed E-state index contributed by atoms with van der Waals surface area (Å²) < 4.78 is 25.3. The molecule has 8 nitrogen and oxygen atoms in total. The van der Waals surface area contributed by atoms with E-state index in [0.717, 1.165) is 10.4 Å². The fourth-order valence-electron chi connectivity index (χ4n) is 1.39. The van der Waals surface area contributed by atoms with Gasteiger partial charge in [0.2, 0.25) is 0 Å². The number of nitrogens with two attached hydrogens (primary N) is 1. The summed E-state index contributed by atoms with van der Waals surface area (Å²) in [4.78, 5) is 9.93. The number of thiophene rings is 1. The molecule has 0 radical (unpaired) electrons. The first-order valence-corrected chi connectivity index (χ1v) is 7.51. The van der Waals surface area contributed by atoms with Gasteiger partial charge in [0.25, 0.3) is 10.0 Å². The van der Waals surface area contributed by atoms with Gasteiger partial charge in [-0.2, -0.15) is 9.57 Å². The lowest BCUT2D eigenvalue weighted by atomic mass is 10.5. The van der Waals surface area contributed by atoms with E-state index in [1.54, 1.807) is 6.92 Å². The summed E-state index contributed by atoms with van der Waals surface area (Å²) in [5, 5.41) is 19.0. The molecule has 19 heavy (non-hydrogen) atoms. The lowest BCUT2D eigenvalue weighted by Crippen LogP contribution is -2.31. The molecular weight excluding hydrogens is 292 g/mol. The van der Waals surface area contributed by atoms with Crippen molar-refractivity contribution in [2.24, 2.45) is 0 Å². The third-order valence-corrected chi connectivity index (χ3v) is 5.71. The van der Waals surface area contributed by atoms with Crippen molar-refractivity contribution >= 4 is 32.0 Å². The highest BCUT2D eigenvalue weighted by Crippen LogP contribution is 2.35. The van der Waals surface area contributed by atoms with Crippen molar-refractivity contribution in [3.8, 4) is 6.07 Å². The second-order valence-corrected chi connectivity index (χ2v) is 6.73. The van der Waals surface area contributed by atoms with Crippen LogP contribution >= 0.6 is 11.3 Å². The minimum absolute atomic E-state index is 0.0426. The van der Waals surface area contributed by atoms with Gasteiger partial charge in [-0.05, 0) is 0 Å². The van der Waals surface area contributed by atoms with Crippen LogP contribution in [0.1, 0.15) is 13.3 Å². The molecule has 0 spiro atoms. The minimum atomic E-state index is -3.84. The predicted octanol–water partition coefficient (Wildman–Crippen LogP) is 1.16. The summed E-state index contributed by atoms with van der Waals surface area (Å²) in [5.74, 6) is 0. The molecule has 0 aliphatic rings. The predicted molar refractivity (Wildman–Crippen MR) is 70.0 cm³/mol. The van der Waals surface area contributed by atoms with Crippen molar-refractivity contribution in [3.63, 3.8) is 0 Å². The van der Waals surface area contributed by atoms with Crippen LogP contribution < -0.4 is 5.73 Å². The van der Waals surface area contributed by atoms with Crippen molar-refractivity contribution < 1.29 is 13.3 Å². The van der Waals surface area contributed by atoms with E-state index in [2.05, 4.69) is 0 Å². The van der Waals surface area contributed by atoms with Crippen molar-refractivity contribution in [2.45, 2.75) is 17.6 Å². The van der Waals surface area contributed by atoms with E-state index >= 15 is 0 Å². The zero-order chi connectivity index (χ0) is 14.6. The average Bonchev–Trinajstić information content (AvgIpc) is 2.73. The number of nitro groups is 1. The Labute approximate surface area is 114 Å². The van der Waals surface area contributed by atoms with Crippen LogP contribution in [0.15, 0.2) is 10.3 Å². The van der Waals surface area contributed by atoms with Crippen molar-refractivity contribution in [1.82, 2.24) is 4.31 Å². The van der Waals surface area contributed by atoms with Gasteiger partial charge in [0, 0.05) is 25.6 Å². The molecular formula is C9H12N4O4S2. The number of nitriles is 1. The van der Waals surface area contributed by atoms with Crippen LogP contribution in [0, 0.1) is 21.4 Å². The van der Waals surface area contributed by atoms with Gasteiger partial charge in [-0.15, -0.1) is 0 Å². The first-order valence-electron chi connectivity index (χ1n) is 5.25. The smallest absolute Gasteiger partial charge is 0.304 e. The molecule has 0 fully saturated rings. The lowest BCUT2D eigenvalue weighted by molar-refractivity contribution is -0.383. The Morgan fingerprint density at radius 1 is 1.63 bits per heavy atom. The first kappa shape index (κ1) is 15.4. The van der Waals surface area contributed by atoms with Crippen LogP contribution in [-0.4, -0.2) is 30.7 Å². The molecule has 1 aromatic rings. The molecule has 1 heterocycles. The Kier molecular flexibility index (Phi) is 4.82. The molecule has 0 saturated carbocycles. The number of anilines is 1. The monoisotopic (exact) mass is 304 g/mol. The van der Waals surface area contributed by atoms with Gasteiger partial charge in [0.05, 0.1) is 11.0 Å². The molecule has 104 valence electrons. The highest BCUT2D eigenvalue weighted by atomic mass is 32.2. The van der Waals surface area contributed by atoms with E-state index in [1.807, 2.05) is 6.07 Å². The van der Waals surface area contributed by atoms with Gasteiger partial charge in [0.1, 0.15) is 4.21 Å². The molecule has 0 aliphatic carbocycles. The number of hydrogen-bond acceptors (Lipinski definition) is 7. The standard InChI is InChI=1S/C9H12N4O4S2/c1-2-12(5-3-4-10)19(16,17)8-6-7(13(14)15)9(11)18-8/h6H,2-3,5,11H2,1H3. The van der Waals surface area contributed by atoms with E-state index in [1.165, 1.54) is 0 Å². The summed E-state index contributed by atoms with van der Waals surface area (Å²) >= 11 is 0.650. The molecule has 0 aliphatic heterocycles. The molecule has 0 atom stereocenters. The summed E-state index contributed by atoms with van der Waals surface area (Å²) in [7, 11) is -3.84. The van der Waals surface area contributed by atoms with Crippen LogP contribution in [-0.2, 0) is 10.0 Å². The van der Waals surface area contributed by atoms with E-state index in [9.17, 15) is 18.5 Å². The molecule has 1 rings (SSSR count). The van der Waals surface area contributed by atoms with Gasteiger partial charge >= 0.3 is 5.69 Å². The third-order valence-electron chi connectivity index (χ3n) is 2.33. The Bertz CT molecular complexity index is 617. The van der Waals surface area contributed by atoms with Gasteiger partial charge in [-0.25, -0.2) is 8.42 Å². The quantitative estimate of drug-likeness (QED) is 0.620. The van der Waals surface area contributed by atoms with Crippen LogP contribution in [0.25, 0.3) is 0 Å². The largest absolute Gasteiger partial charge is 0.385 e. The van der Waals surface area contributed by atoms with E-state index in [4.69, 9.17) is 11.0 Å². The molecule has 0 bridgehead atoms. The Morgan fingerprint density at radius 2 is 2.26 bits per heavy atom. The fourth-order valence-corrected chi connectivity index (χ4v) is 4.21. The van der Waals surface area contributed by atoms with Gasteiger partial charge in [0.15, 0.2) is 5.00 Å². The van der Waals surface area contributed by atoms with E-state index in [0.29, 0.717) is 11.3 Å². The lowest BCUT2D eigenvalue weighted by Gasteiger charge is -2.17. The maximum Gasteiger partial charge on any atom is 0.304 e. The van der Waals surface area contributed by atoms with Crippen molar-refractivity contribution in [2.75, 3.05) is 18.8 Å². The van der Waals surface area contributed by atoms with Crippen LogP contribution in [0.5, 0.6) is 0 Å². The second-order valence-electron chi connectivity index (χ2n) is 3.48. The summed E-state index contributed by atoms with van der Waals surface area (Å²) in [5.41, 5.74) is 5.01. The summed E-state index contributed by atoms with van der Waals surface area (Å²) in [6.45, 7) is 1.84. The Morgan fingerprint density at radius 3 is 2.68 bits per heavy atom. The van der Waals surface area contributed by atoms with E-state index in [-0.39, 0.29) is 28.7 Å². The van der Waals surface area contributed by atoms with Crippen LogP contribution in [0.3, 0.4) is 0 Å². The molecule has 0 amide bonds. The van der Waals surface area contributed by atoms with Crippen molar-refractivity contribution in [1.29, 1.82) is 5.26 Å². The molecule has 0 aromatic carbocycles. The second kappa shape index (κ2) is 5.96. The van der Waals surface area contributed by atoms with Crippen molar-refractivity contribution in [3.05, 3.63) is 16.2 Å². The maximum atomic E-state index is 12.2. The normalized spacial score (nSPS) is 11.4. The summed E-state index contributed by atoms with van der Waals surface area (Å²) in [6.07, 6.45) is 0.0516. The SMILES string of the molecule is CCN(CCC#N)S(=O)(=O)c1cc([N+](=O)[O-])c(N)s1. The highest BCUT2D eigenvalue weighted by Gasteiger charge is 2.29. The number of hydrogen-bond donors (Lipinski definition) is 1. The zero-order valence-electron chi connectivity index (χ0n) is 10.1. The molecule has 1 aromatic heterocycles. The van der Waals surface area contributed by atoms with Crippen LogP contribution in [0.2, 0.25) is 0 Å². The third kappa shape index (κ3) is 3.19. The number of rotatable bonds is 6. The number of nitrogen functional groups attached to an aromatic ring is 1.